The number of ether oxygens (including phenoxy) is 10. The van der Waals surface area contributed by atoms with Crippen LogP contribution in [0, 0.1) is 17.8 Å². The Bertz CT molecular complexity index is 2690. The molecule has 0 aromatic heterocycles. The van der Waals surface area contributed by atoms with Crippen molar-refractivity contribution in [3.8, 4) is 34.5 Å². The summed E-state index contributed by atoms with van der Waals surface area (Å²) in [5.41, 5.74) is 4.26. The molecule has 2 aliphatic carbocycles. The molecule has 2 amide bonds. The lowest BCUT2D eigenvalue weighted by atomic mass is 9.55. The van der Waals surface area contributed by atoms with Gasteiger partial charge >= 0.3 is 12.2 Å². The average Bonchev–Trinajstić information content (AvgIpc) is 4.03. The number of hydrogen-bond acceptors (Lipinski definition) is 16. The van der Waals surface area contributed by atoms with E-state index in [9.17, 15) is 15.0 Å². The number of aliphatic hydroxyl groups excluding tert-OH is 2. The molecule has 7 atom stereocenters. The van der Waals surface area contributed by atoms with Gasteiger partial charge in [0.05, 0.1) is 58.0 Å². The number of methoxy groups -OCH3 is 2. The maximum absolute atomic E-state index is 15.2. The van der Waals surface area contributed by atoms with Gasteiger partial charge in [0.15, 0.2) is 11.5 Å². The largest absolute Gasteiger partial charge is 0.497 e. The number of nitrogens with one attached hydrogen (secondary N) is 1. The molecule has 18 nitrogen and oxygen atoms in total. The molecule has 7 unspecified atom stereocenters. The second-order valence-corrected chi connectivity index (χ2v) is 19.7. The van der Waals surface area contributed by atoms with Gasteiger partial charge in [-0.15, -0.1) is 6.58 Å². The molecule has 4 aromatic rings. The number of anilines is 1. The van der Waals surface area contributed by atoms with E-state index in [2.05, 4.69) is 18.0 Å². The summed E-state index contributed by atoms with van der Waals surface area (Å²) >= 11 is 0. The number of rotatable bonds is 25. The zero-order valence-corrected chi connectivity index (χ0v) is 43.9. The summed E-state index contributed by atoms with van der Waals surface area (Å²) in [6.45, 7) is 5.23. The van der Waals surface area contributed by atoms with Crippen molar-refractivity contribution >= 4 is 23.6 Å². The van der Waals surface area contributed by atoms with Crippen molar-refractivity contribution in [2.45, 2.75) is 101 Å². The summed E-state index contributed by atoms with van der Waals surface area (Å²) in [6.07, 6.45) is 8.57. The van der Waals surface area contributed by atoms with Crippen LogP contribution in [0.15, 0.2) is 114 Å². The van der Waals surface area contributed by atoms with Crippen LogP contribution in [0.3, 0.4) is 0 Å². The summed E-state index contributed by atoms with van der Waals surface area (Å²) in [5.74, 6) is -0.131. The van der Waals surface area contributed by atoms with Gasteiger partial charge in [-0.25, -0.2) is 9.59 Å². The Morgan fingerprint density at radius 2 is 1.68 bits per heavy atom. The van der Waals surface area contributed by atoms with Gasteiger partial charge < -0.3 is 62.4 Å². The molecule has 1 saturated heterocycles. The summed E-state index contributed by atoms with van der Waals surface area (Å²) in [7, 11) is 3.04. The topological polar surface area (TPSA) is 204 Å². The monoisotopic (exact) mass is 1060 g/mol. The lowest BCUT2D eigenvalue weighted by Gasteiger charge is -2.59. The first-order valence-electron chi connectivity index (χ1n) is 26.8. The van der Waals surface area contributed by atoms with Gasteiger partial charge in [0.25, 0.3) is 0 Å². The molecule has 0 radical (unpaired) electrons. The maximum Gasteiger partial charge on any atom is 0.417 e. The summed E-state index contributed by atoms with van der Waals surface area (Å²) in [5, 5.41) is 28.0. The van der Waals surface area contributed by atoms with E-state index in [0.29, 0.717) is 85.5 Å². The van der Waals surface area contributed by atoms with Crippen molar-refractivity contribution in [3.63, 3.8) is 0 Å². The normalized spacial score (nSPS) is 23.3. The minimum Gasteiger partial charge on any atom is -0.497 e. The lowest BCUT2D eigenvalue weighted by Crippen LogP contribution is -2.70. The molecule has 412 valence electrons. The quantitative estimate of drug-likeness (QED) is 0.0321. The van der Waals surface area contributed by atoms with E-state index in [4.69, 9.17) is 57.4 Å². The first-order chi connectivity index (χ1) is 37.7. The Morgan fingerprint density at radius 1 is 0.870 bits per heavy atom. The van der Waals surface area contributed by atoms with E-state index in [1.165, 1.54) is 7.11 Å². The minimum absolute atomic E-state index is 0.0168. The lowest BCUT2D eigenvalue weighted by molar-refractivity contribution is -0.256. The van der Waals surface area contributed by atoms with Gasteiger partial charge in [0, 0.05) is 50.1 Å². The zero-order chi connectivity index (χ0) is 53.6. The Morgan fingerprint density at radius 3 is 2.45 bits per heavy atom. The Kier molecular flexibility index (Phi) is 18.9. The standard InChI is InChI=1S/C59H71N3O15/c1-4-27-74-59-53(62(36-40-19-23-50-52(31-40)73-38-72-50)58(66)71-30-29-69-37-39-14-6-5-7-15-39)35-48(61-77-54-18-10-13-28-70-54)45-32-41(16-8-11-25-63)44(17-9-12-26-64)55(56(45)59)46-33-43(21-24-49(46)76-59)75-57(65)60-47-22-20-42(67-2)34-51(47)68-3/h4-7,14-15,19-24,31-34,41,44,53-56,63-64H,1,8-13,16-18,25-30,35-38H2,2-3H3,(H,60,65). The van der Waals surface area contributed by atoms with E-state index in [1.54, 1.807) is 48.4 Å². The third-order valence-electron chi connectivity index (χ3n) is 14.9. The molecule has 0 bridgehead atoms. The number of nitrogens with zero attached hydrogens (tertiary/aromatic N) is 2. The number of fused-ring (bicyclic) bond motifs is 3. The van der Waals surface area contributed by atoms with Crippen LogP contribution >= 0.6 is 0 Å². The van der Waals surface area contributed by atoms with Crippen LogP contribution in [0.1, 0.15) is 86.8 Å². The zero-order valence-electron chi connectivity index (χ0n) is 43.9. The van der Waals surface area contributed by atoms with Crippen LogP contribution in [0.25, 0.3) is 0 Å². The first-order valence-corrected chi connectivity index (χ1v) is 26.8. The molecule has 3 N–H and O–H groups in total. The minimum atomic E-state index is -1.63. The van der Waals surface area contributed by atoms with Crippen LogP contribution in [-0.2, 0) is 36.9 Å². The third-order valence-corrected chi connectivity index (χ3v) is 14.9. The molecule has 5 aliphatic rings. The second-order valence-electron chi connectivity index (χ2n) is 19.7. The molecule has 3 aliphatic heterocycles. The van der Waals surface area contributed by atoms with E-state index in [0.717, 1.165) is 47.9 Å². The van der Waals surface area contributed by atoms with Gasteiger partial charge in [0.2, 0.25) is 18.9 Å². The first kappa shape index (κ1) is 54.9. The number of benzene rings is 4. The van der Waals surface area contributed by atoms with Gasteiger partial charge in [-0.1, -0.05) is 66.5 Å². The van der Waals surface area contributed by atoms with Crippen LogP contribution in [-0.4, -0.2) is 112 Å². The van der Waals surface area contributed by atoms with Crippen LogP contribution in [0.5, 0.6) is 34.5 Å². The van der Waals surface area contributed by atoms with E-state index in [-0.39, 0.29) is 70.4 Å². The third kappa shape index (κ3) is 13.0. The average molecular weight is 1060 g/mol. The number of hydrogen-bond donors (Lipinski definition) is 3. The van der Waals surface area contributed by atoms with Crippen molar-refractivity contribution < 1.29 is 72.0 Å². The number of allylic oxidation sites excluding steroid dienone is 1. The highest BCUT2D eigenvalue weighted by Gasteiger charge is 2.66. The Labute approximate surface area is 449 Å². The molecule has 9 rings (SSSR count). The predicted octanol–water partition coefficient (Wildman–Crippen LogP) is 10.1. The molecule has 18 heteroatoms. The number of unbranched alkanes of at least 4 members (excludes halogenated alkanes) is 2. The molecule has 1 saturated carbocycles. The highest BCUT2D eigenvalue weighted by atomic mass is 16.8. The number of aliphatic hydroxyl groups is 2. The number of carbonyl (C=O) groups excluding carboxylic acids is 2. The number of oxime groups is 1. The van der Waals surface area contributed by atoms with E-state index in [1.807, 2.05) is 54.6 Å². The van der Waals surface area contributed by atoms with Crippen LogP contribution in [0.4, 0.5) is 15.3 Å². The highest BCUT2D eigenvalue weighted by Crippen LogP contribution is 2.62. The molecular weight excluding hydrogens is 991 g/mol. The SMILES string of the molecule is C=CCOC12Oc3ccc(OC(=O)Nc4ccc(OC)cc4OC)cc3C3C(CCCCO)C(CCCCO)C=C(C(=NOC4CCCCO4)CC1N(Cc1ccc4c(c1)OCO4)C(=O)OCCOCc1ccccc1)C32. The molecule has 2 fully saturated rings. The van der Waals surface area contributed by atoms with Crippen LogP contribution in [0.2, 0.25) is 0 Å². The number of carbonyl (C=O) groups is 2. The molecule has 77 heavy (non-hydrogen) atoms. The van der Waals surface area contributed by atoms with Crippen molar-refractivity contribution in [3.05, 3.63) is 126 Å². The fourth-order valence-electron chi connectivity index (χ4n) is 11.3. The van der Waals surface area contributed by atoms with Gasteiger partial charge in [-0.3, -0.25) is 10.2 Å². The van der Waals surface area contributed by atoms with Crippen molar-refractivity contribution in [2.24, 2.45) is 22.9 Å². The van der Waals surface area contributed by atoms with Gasteiger partial charge in [0.1, 0.15) is 35.6 Å². The fourth-order valence-corrected chi connectivity index (χ4v) is 11.3. The smallest absolute Gasteiger partial charge is 0.417 e. The van der Waals surface area contributed by atoms with Gasteiger partial charge in [-0.2, -0.15) is 0 Å². The highest BCUT2D eigenvalue weighted by molar-refractivity contribution is 6.03. The molecular formula is C59H71N3O15. The van der Waals surface area contributed by atoms with Crippen molar-refractivity contribution in [1.82, 2.24) is 4.90 Å². The van der Waals surface area contributed by atoms with Crippen molar-refractivity contribution in [2.75, 3.05) is 66.0 Å². The van der Waals surface area contributed by atoms with Crippen molar-refractivity contribution in [1.29, 1.82) is 0 Å². The summed E-state index contributed by atoms with van der Waals surface area (Å²) in [6, 6.07) is 24.7. The maximum atomic E-state index is 15.2. The Balaban J connectivity index is 1.17. The summed E-state index contributed by atoms with van der Waals surface area (Å²) < 4.78 is 61.4. The Hall–Kier alpha value is -6.83. The second kappa shape index (κ2) is 26.5. The van der Waals surface area contributed by atoms with Crippen LogP contribution < -0.4 is 33.7 Å². The predicted molar refractivity (Wildman–Crippen MR) is 284 cm³/mol. The van der Waals surface area contributed by atoms with E-state index >= 15 is 4.79 Å². The van der Waals surface area contributed by atoms with E-state index < -0.39 is 42.1 Å². The van der Waals surface area contributed by atoms with Gasteiger partial charge in [-0.05, 0) is 110 Å². The summed E-state index contributed by atoms with van der Waals surface area (Å²) in [4.78, 5) is 37.0. The molecule has 3 heterocycles. The fraction of sp³-hybridized carbons (Fsp3) is 0.475. The molecule has 0 spiro atoms. The number of amides is 2. The molecule has 4 aromatic carbocycles.